The molecule has 0 amide bonds. The fraction of sp³-hybridized carbons (Fsp3) is 0.171. The first-order valence-corrected chi connectivity index (χ1v) is 29.7. The van der Waals surface area contributed by atoms with E-state index in [4.69, 9.17) is 47.4 Å². The van der Waals surface area contributed by atoms with E-state index in [-0.39, 0.29) is 110 Å². The number of benzene rings is 10. The van der Waals surface area contributed by atoms with Gasteiger partial charge in [0.15, 0.2) is 35.2 Å². The molecule has 0 saturated heterocycles. The molecule has 0 radical (unpaired) electrons. The van der Waals surface area contributed by atoms with Crippen LogP contribution in [-0.4, -0.2) is 59.1 Å². The largest absolute Gasteiger partial charge is 0.485 e. The average Bonchev–Trinajstić information content (AvgIpc) is 1.82. The van der Waals surface area contributed by atoms with Crippen molar-refractivity contribution in [3.63, 3.8) is 0 Å². The standard InChI is InChI=1S/C76H66O15/c77-62-51-90-75(80)60-41-63(82-43-52-25-9-1-10-26-52)68(84-45-54-29-13-3-14-30-54)70(86-47-56-33-17-5-18-34-56)65(60)66-61(76(81)91-67(62)72(88-49-58-37-21-7-22-38-58)73(74(78)79)89-50-59-39-23-8-24-40-59)42-64(83-44-53-27-11-2-12-28-53)69(85-46-55-31-15-4-16-32-55)71(66)87-48-57-35-19-6-20-36-57/h1-42,62,67,72-73,77H,43-51H2,(H,78,79)/t62-,67-,72+,73-/m1/s1. The topological polar surface area (TPSA) is 184 Å². The zero-order valence-electron chi connectivity index (χ0n) is 49.6. The Morgan fingerprint density at radius 2 is 0.670 bits per heavy atom. The van der Waals surface area contributed by atoms with E-state index in [0.29, 0.717) is 22.3 Å². The molecule has 1 aliphatic rings. The minimum Gasteiger partial charge on any atom is -0.485 e. The lowest BCUT2D eigenvalue weighted by atomic mass is 9.91. The van der Waals surface area contributed by atoms with Gasteiger partial charge in [-0.2, -0.15) is 0 Å². The molecule has 11 rings (SSSR count). The molecule has 10 aromatic carbocycles. The highest BCUT2D eigenvalue weighted by atomic mass is 16.6. The Labute approximate surface area is 527 Å². The van der Waals surface area contributed by atoms with Crippen LogP contribution in [0, 0.1) is 0 Å². The van der Waals surface area contributed by atoms with Crippen LogP contribution in [0.15, 0.2) is 255 Å². The molecule has 1 aliphatic heterocycles. The van der Waals surface area contributed by atoms with Gasteiger partial charge in [-0.3, -0.25) is 0 Å². The molecule has 10 aromatic rings. The average molecular weight is 1220 g/mol. The summed E-state index contributed by atoms with van der Waals surface area (Å²) in [6, 6.07) is 76.9. The highest BCUT2D eigenvalue weighted by Gasteiger charge is 2.45. The van der Waals surface area contributed by atoms with Gasteiger partial charge in [-0.1, -0.05) is 243 Å². The van der Waals surface area contributed by atoms with Gasteiger partial charge in [-0.25, -0.2) is 14.4 Å². The molecule has 1 heterocycles. The van der Waals surface area contributed by atoms with E-state index in [0.717, 1.165) is 22.3 Å². The van der Waals surface area contributed by atoms with E-state index in [1.54, 1.807) is 48.5 Å². The van der Waals surface area contributed by atoms with Crippen LogP contribution in [0.3, 0.4) is 0 Å². The predicted octanol–water partition coefficient (Wildman–Crippen LogP) is 14.1. The zero-order valence-corrected chi connectivity index (χ0v) is 49.6. The van der Waals surface area contributed by atoms with Crippen LogP contribution in [0.5, 0.6) is 34.5 Å². The lowest BCUT2D eigenvalue weighted by Crippen LogP contribution is -2.53. The van der Waals surface area contributed by atoms with Crippen molar-refractivity contribution in [3.8, 4) is 45.6 Å². The SMILES string of the molecule is O=C1OC[C@@H](O)[C@H]([C@H](OCc2ccccc2)[C@@H](OCc2ccccc2)C(=O)O)OC(=O)c2cc(OCc3ccccc3)c(OCc3ccccc3)c(OCc3ccccc3)c2-c2c1cc(OCc1ccccc1)c(OCc1ccccc1)c2OCc1ccccc1. The summed E-state index contributed by atoms with van der Waals surface area (Å²) in [4.78, 5) is 46.1. The second-order valence-corrected chi connectivity index (χ2v) is 21.4. The number of aliphatic hydroxyl groups is 1. The third-order valence-electron chi connectivity index (χ3n) is 14.9. The summed E-state index contributed by atoms with van der Waals surface area (Å²) >= 11 is 0. The number of fused-ring (bicyclic) bond motifs is 3. The highest BCUT2D eigenvalue weighted by molar-refractivity contribution is 6.09. The van der Waals surface area contributed by atoms with Crippen molar-refractivity contribution < 1.29 is 72.0 Å². The Kier molecular flexibility index (Phi) is 21.1. The first-order valence-electron chi connectivity index (χ1n) is 29.7. The fourth-order valence-corrected chi connectivity index (χ4v) is 10.3. The molecule has 460 valence electrons. The first-order chi connectivity index (χ1) is 44.7. The van der Waals surface area contributed by atoms with E-state index in [2.05, 4.69) is 0 Å². The zero-order chi connectivity index (χ0) is 62.6. The summed E-state index contributed by atoms with van der Waals surface area (Å²) < 4.78 is 67.3. The minimum absolute atomic E-state index is 0.00234. The summed E-state index contributed by atoms with van der Waals surface area (Å²) in [5, 5.41) is 23.9. The third kappa shape index (κ3) is 16.3. The smallest absolute Gasteiger partial charge is 0.339 e. The van der Waals surface area contributed by atoms with Crippen molar-refractivity contribution >= 4 is 17.9 Å². The highest BCUT2D eigenvalue weighted by Crippen LogP contribution is 2.56. The van der Waals surface area contributed by atoms with Gasteiger partial charge in [-0.15, -0.1) is 0 Å². The Morgan fingerprint density at radius 1 is 0.385 bits per heavy atom. The molecule has 15 nitrogen and oxygen atoms in total. The van der Waals surface area contributed by atoms with Crippen LogP contribution in [0.4, 0.5) is 0 Å². The van der Waals surface area contributed by atoms with Gasteiger partial charge < -0.3 is 57.6 Å². The number of carboxylic acid groups (broad SMARTS) is 1. The molecule has 15 heteroatoms. The van der Waals surface area contributed by atoms with E-state index < -0.39 is 48.9 Å². The molecular formula is C76H66O15. The van der Waals surface area contributed by atoms with Crippen LogP contribution >= 0.6 is 0 Å². The Morgan fingerprint density at radius 3 is 1.00 bits per heavy atom. The lowest BCUT2D eigenvalue weighted by molar-refractivity contribution is -0.187. The monoisotopic (exact) mass is 1220 g/mol. The molecule has 0 fully saturated rings. The summed E-state index contributed by atoms with van der Waals surface area (Å²) in [6.07, 6.45) is -7.63. The number of hydrogen-bond donors (Lipinski definition) is 2. The van der Waals surface area contributed by atoms with Crippen LogP contribution in [0.1, 0.15) is 65.2 Å². The summed E-state index contributed by atoms with van der Waals surface area (Å²) in [7, 11) is 0. The molecule has 2 N–H and O–H groups in total. The summed E-state index contributed by atoms with van der Waals surface area (Å²) in [6.45, 7) is -1.73. The van der Waals surface area contributed by atoms with Crippen molar-refractivity contribution in [2.45, 2.75) is 77.3 Å². The van der Waals surface area contributed by atoms with Crippen molar-refractivity contribution in [2.75, 3.05) is 6.61 Å². The molecule has 91 heavy (non-hydrogen) atoms. The number of cyclic esters (lactones) is 2. The normalized spacial score (nSPS) is 14.4. The van der Waals surface area contributed by atoms with Gasteiger partial charge in [0, 0.05) is 11.1 Å². The quantitative estimate of drug-likeness (QED) is 0.0463. The minimum atomic E-state index is -1.98. The van der Waals surface area contributed by atoms with Crippen LogP contribution < -0.4 is 28.4 Å². The van der Waals surface area contributed by atoms with Crippen LogP contribution in [0.2, 0.25) is 0 Å². The van der Waals surface area contributed by atoms with Gasteiger partial charge in [0.05, 0.1) is 24.3 Å². The van der Waals surface area contributed by atoms with Crippen molar-refractivity contribution in [1.29, 1.82) is 0 Å². The number of ether oxygens (including phenoxy) is 10. The van der Waals surface area contributed by atoms with Crippen molar-refractivity contribution in [2.24, 2.45) is 0 Å². The lowest BCUT2D eigenvalue weighted by Gasteiger charge is -2.34. The molecular weight excluding hydrogens is 1150 g/mol. The maximum absolute atomic E-state index is 16.4. The van der Waals surface area contributed by atoms with E-state index in [1.165, 1.54) is 12.1 Å². The maximum atomic E-state index is 16.4. The van der Waals surface area contributed by atoms with Gasteiger partial charge >= 0.3 is 17.9 Å². The summed E-state index contributed by atoms with van der Waals surface area (Å²) in [5.74, 6) is -3.86. The molecule has 0 spiro atoms. The molecule has 0 saturated carbocycles. The number of hydrogen-bond acceptors (Lipinski definition) is 14. The Balaban J connectivity index is 1.19. The molecule has 4 atom stereocenters. The van der Waals surface area contributed by atoms with Gasteiger partial charge in [-0.05, 0) is 56.6 Å². The number of esters is 2. The van der Waals surface area contributed by atoms with Gasteiger partial charge in [0.1, 0.15) is 58.5 Å². The van der Waals surface area contributed by atoms with E-state index in [1.807, 2.05) is 194 Å². The molecule has 0 aliphatic carbocycles. The van der Waals surface area contributed by atoms with E-state index in [9.17, 15) is 15.0 Å². The van der Waals surface area contributed by atoms with Crippen LogP contribution in [-0.2, 0) is 76.6 Å². The summed E-state index contributed by atoms with van der Waals surface area (Å²) in [5.41, 5.74) is 4.95. The maximum Gasteiger partial charge on any atom is 0.339 e. The van der Waals surface area contributed by atoms with Gasteiger partial charge in [0.2, 0.25) is 11.5 Å². The Bertz CT molecular complexity index is 3960. The number of rotatable bonds is 27. The van der Waals surface area contributed by atoms with Crippen LogP contribution in [0.25, 0.3) is 11.1 Å². The fourth-order valence-electron chi connectivity index (χ4n) is 10.3. The first kappa shape index (κ1) is 61.9. The predicted molar refractivity (Wildman–Crippen MR) is 340 cm³/mol. The number of carbonyl (C=O) groups is 3. The number of aliphatic carboxylic acids is 1. The van der Waals surface area contributed by atoms with Crippen molar-refractivity contribution in [1.82, 2.24) is 0 Å². The number of aliphatic hydroxyl groups excluding tert-OH is 1. The van der Waals surface area contributed by atoms with Gasteiger partial charge in [0.25, 0.3) is 0 Å². The third-order valence-corrected chi connectivity index (χ3v) is 14.9. The Hall–Kier alpha value is -10.7. The number of carbonyl (C=O) groups excluding carboxylic acids is 2. The van der Waals surface area contributed by atoms with E-state index >= 15 is 9.59 Å². The molecule has 0 aromatic heterocycles. The number of carboxylic acids is 1. The molecule has 0 bridgehead atoms. The molecule has 0 unspecified atom stereocenters. The second-order valence-electron chi connectivity index (χ2n) is 21.4. The van der Waals surface area contributed by atoms with Crippen molar-refractivity contribution in [3.05, 3.63) is 310 Å². The second kappa shape index (κ2) is 31.0.